The maximum absolute atomic E-state index is 5.25. The minimum atomic E-state index is 0.691. The molecule has 290 valence electrons. The first kappa shape index (κ1) is 36.7. The standard InChI is InChI=1S/C58H38N4/c1-3-16-39(17-4-1)41-20-12-26-47(35-41)55-51-30-7-9-32-53(51)59-57(61-55)49-28-14-24-45(37-49)43-22-11-23-44(34-43)46-25-15-29-50(38-46)58-60-54-33-10-8-31-52(54)56(62-58)48-27-13-21-42(36-48)40-18-5-2-6-19-40/h1-38H. The lowest BCUT2D eigenvalue weighted by molar-refractivity contribution is 1.23. The molecule has 2 aromatic heterocycles. The highest BCUT2D eigenvalue weighted by molar-refractivity contribution is 5.96. The van der Waals surface area contributed by atoms with Crippen molar-refractivity contribution in [3.8, 4) is 89.8 Å². The summed E-state index contributed by atoms with van der Waals surface area (Å²) in [6.45, 7) is 0. The Morgan fingerprint density at radius 2 is 0.468 bits per heavy atom. The van der Waals surface area contributed by atoms with Crippen LogP contribution in [0.15, 0.2) is 231 Å². The van der Waals surface area contributed by atoms with Gasteiger partial charge in [0.05, 0.1) is 22.4 Å². The van der Waals surface area contributed by atoms with Crippen molar-refractivity contribution in [2.45, 2.75) is 0 Å². The summed E-state index contributed by atoms with van der Waals surface area (Å²) in [5.74, 6) is 1.38. The minimum absolute atomic E-state index is 0.691. The highest BCUT2D eigenvalue weighted by Crippen LogP contribution is 2.36. The molecule has 0 aliphatic carbocycles. The van der Waals surface area contributed by atoms with Crippen LogP contribution in [-0.4, -0.2) is 19.9 Å². The third-order valence-corrected chi connectivity index (χ3v) is 11.5. The van der Waals surface area contributed by atoms with Gasteiger partial charge in [0.2, 0.25) is 0 Å². The van der Waals surface area contributed by atoms with Crippen molar-refractivity contribution in [3.05, 3.63) is 231 Å². The Labute approximate surface area is 360 Å². The number of hydrogen-bond donors (Lipinski definition) is 0. The molecule has 62 heavy (non-hydrogen) atoms. The van der Waals surface area contributed by atoms with Crippen molar-refractivity contribution in [1.29, 1.82) is 0 Å². The van der Waals surface area contributed by atoms with E-state index in [1.165, 1.54) is 11.1 Å². The van der Waals surface area contributed by atoms with Crippen LogP contribution in [0.25, 0.3) is 112 Å². The molecule has 0 spiro atoms. The van der Waals surface area contributed by atoms with Crippen LogP contribution in [0.3, 0.4) is 0 Å². The summed E-state index contributed by atoms with van der Waals surface area (Å²) >= 11 is 0. The summed E-state index contributed by atoms with van der Waals surface area (Å²) in [6, 6.07) is 80.5. The lowest BCUT2D eigenvalue weighted by Crippen LogP contribution is -1.96. The fourth-order valence-electron chi connectivity index (χ4n) is 8.36. The Morgan fingerprint density at radius 3 is 0.871 bits per heavy atom. The third kappa shape index (κ3) is 7.20. The lowest BCUT2D eigenvalue weighted by Gasteiger charge is -2.12. The van der Waals surface area contributed by atoms with Crippen molar-refractivity contribution in [2.24, 2.45) is 0 Å². The summed E-state index contributed by atoms with van der Waals surface area (Å²) in [4.78, 5) is 20.7. The summed E-state index contributed by atoms with van der Waals surface area (Å²) < 4.78 is 0. The second-order valence-corrected chi connectivity index (χ2v) is 15.5. The first-order chi connectivity index (χ1) is 30.7. The zero-order valence-corrected chi connectivity index (χ0v) is 33.7. The molecule has 9 aromatic carbocycles. The topological polar surface area (TPSA) is 51.6 Å². The fourth-order valence-corrected chi connectivity index (χ4v) is 8.36. The summed E-state index contributed by atoms with van der Waals surface area (Å²) in [5.41, 5.74) is 16.7. The molecule has 0 N–H and O–H groups in total. The van der Waals surface area contributed by atoms with Crippen molar-refractivity contribution in [1.82, 2.24) is 19.9 Å². The van der Waals surface area contributed by atoms with Gasteiger partial charge in [0.15, 0.2) is 11.6 Å². The number of para-hydroxylation sites is 2. The van der Waals surface area contributed by atoms with E-state index in [0.29, 0.717) is 11.6 Å². The number of hydrogen-bond acceptors (Lipinski definition) is 4. The molecule has 4 heteroatoms. The largest absolute Gasteiger partial charge is 0.228 e. The van der Waals surface area contributed by atoms with Gasteiger partial charge in [-0.1, -0.05) is 188 Å². The van der Waals surface area contributed by atoms with E-state index in [-0.39, 0.29) is 0 Å². The molecule has 11 rings (SSSR count). The molecule has 11 aromatic rings. The average Bonchev–Trinajstić information content (AvgIpc) is 3.36. The molecule has 0 radical (unpaired) electrons. The molecule has 0 fully saturated rings. The van der Waals surface area contributed by atoms with E-state index in [4.69, 9.17) is 19.9 Å². The average molecular weight is 791 g/mol. The van der Waals surface area contributed by atoms with E-state index < -0.39 is 0 Å². The SMILES string of the molecule is c1ccc(-c2cccc(-c3nc(-c4cccc(-c5cccc(-c6cccc(-c7nc(-c8cccc(-c9ccccc9)c8)c8ccccc8n7)c6)c5)c4)nc4ccccc34)c2)cc1. The maximum Gasteiger partial charge on any atom is 0.160 e. The van der Waals surface area contributed by atoms with Gasteiger partial charge >= 0.3 is 0 Å². The molecular formula is C58H38N4. The summed E-state index contributed by atoms with van der Waals surface area (Å²) in [7, 11) is 0. The zero-order chi connectivity index (χ0) is 41.2. The van der Waals surface area contributed by atoms with Crippen LogP contribution in [0.4, 0.5) is 0 Å². The maximum atomic E-state index is 5.25. The van der Waals surface area contributed by atoms with Crippen LogP contribution >= 0.6 is 0 Å². The molecule has 0 aliphatic rings. The Hall–Kier alpha value is -8.34. The molecule has 0 saturated carbocycles. The lowest BCUT2D eigenvalue weighted by atomic mass is 9.96. The third-order valence-electron chi connectivity index (χ3n) is 11.5. The molecule has 0 unspecified atom stereocenters. The highest BCUT2D eigenvalue weighted by atomic mass is 14.9. The Bertz CT molecular complexity index is 3190. The molecular weight excluding hydrogens is 753 g/mol. The highest BCUT2D eigenvalue weighted by Gasteiger charge is 2.16. The van der Waals surface area contributed by atoms with Gasteiger partial charge in [-0.25, -0.2) is 19.9 Å². The van der Waals surface area contributed by atoms with Crippen LogP contribution in [-0.2, 0) is 0 Å². The monoisotopic (exact) mass is 790 g/mol. The quantitative estimate of drug-likeness (QED) is 0.154. The predicted molar refractivity (Wildman–Crippen MR) is 256 cm³/mol. The molecule has 0 atom stereocenters. The first-order valence-corrected chi connectivity index (χ1v) is 20.9. The zero-order valence-electron chi connectivity index (χ0n) is 33.7. The van der Waals surface area contributed by atoms with Crippen LogP contribution < -0.4 is 0 Å². The Kier molecular flexibility index (Phi) is 9.49. The van der Waals surface area contributed by atoms with Crippen LogP contribution in [0, 0.1) is 0 Å². The van der Waals surface area contributed by atoms with Gasteiger partial charge in [0.25, 0.3) is 0 Å². The van der Waals surface area contributed by atoms with Gasteiger partial charge in [-0.15, -0.1) is 0 Å². The molecule has 2 heterocycles. The first-order valence-electron chi connectivity index (χ1n) is 20.9. The molecule has 0 aliphatic heterocycles. The molecule has 0 bridgehead atoms. The van der Waals surface area contributed by atoms with E-state index in [9.17, 15) is 0 Å². The van der Waals surface area contributed by atoms with Crippen molar-refractivity contribution in [3.63, 3.8) is 0 Å². The normalized spacial score (nSPS) is 11.2. The van der Waals surface area contributed by atoms with E-state index in [1.807, 2.05) is 24.3 Å². The van der Waals surface area contributed by atoms with Gasteiger partial charge in [0.1, 0.15) is 0 Å². The number of fused-ring (bicyclic) bond motifs is 2. The molecule has 4 nitrogen and oxygen atoms in total. The Balaban J connectivity index is 0.939. The van der Waals surface area contributed by atoms with E-state index >= 15 is 0 Å². The predicted octanol–water partition coefficient (Wildman–Crippen LogP) is 14.9. The van der Waals surface area contributed by atoms with Crippen molar-refractivity contribution < 1.29 is 0 Å². The Morgan fingerprint density at radius 1 is 0.194 bits per heavy atom. The second-order valence-electron chi connectivity index (χ2n) is 15.5. The molecule has 0 saturated heterocycles. The smallest absolute Gasteiger partial charge is 0.160 e. The number of aromatic nitrogens is 4. The van der Waals surface area contributed by atoms with E-state index in [2.05, 4.69) is 206 Å². The summed E-state index contributed by atoms with van der Waals surface area (Å²) in [6.07, 6.45) is 0. The van der Waals surface area contributed by atoms with Crippen LogP contribution in [0.1, 0.15) is 0 Å². The number of rotatable bonds is 8. The fraction of sp³-hybridized carbons (Fsp3) is 0. The van der Waals surface area contributed by atoms with Crippen LogP contribution in [0.5, 0.6) is 0 Å². The van der Waals surface area contributed by atoms with Gasteiger partial charge in [0, 0.05) is 33.0 Å². The van der Waals surface area contributed by atoms with Gasteiger partial charge in [-0.05, 0) is 87.0 Å². The van der Waals surface area contributed by atoms with Crippen molar-refractivity contribution >= 4 is 21.8 Å². The number of nitrogens with zero attached hydrogens (tertiary/aromatic N) is 4. The van der Waals surface area contributed by atoms with Crippen LogP contribution in [0.2, 0.25) is 0 Å². The minimum Gasteiger partial charge on any atom is -0.228 e. The second kappa shape index (κ2) is 16.0. The van der Waals surface area contributed by atoms with Crippen molar-refractivity contribution in [2.75, 3.05) is 0 Å². The van der Waals surface area contributed by atoms with Gasteiger partial charge in [-0.3, -0.25) is 0 Å². The molecule has 0 amide bonds. The number of benzene rings is 9. The van der Waals surface area contributed by atoms with Gasteiger partial charge < -0.3 is 0 Å². The van der Waals surface area contributed by atoms with E-state index in [1.54, 1.807) is 0 Å². The van der Waals surface area contributed by atoms with Gasteiger partial charge in [-0.2, -0.15) is 0 Å². The van der Waals surface area contributed by atoms with E-state index in [0.717, 1.165) is 88.8 Å². The summed E-state index contributed by atoms with van der Waals surface area (Å²) in [5, 5.41) is 2.05.